The fourth-order valence-corrected chi connectivity index (χ4v) is 6.74. The molecule has 2 N–H and O–H groups in total. The monoisotopic (exact) mass is 317 g/mol. The van der Waals surface area contributed by atoms with Crippen molar-refractivity contribution in [3.8, 4) is 0 Å². The molecule has 4 nitrogen and oxygen atoms in total. The van der Waals surface area contributed by atoms with Crippen LogP contribution in [0.15, 0.2) is 12.2 Å². The minimum atomic E-state index is -0.599. The summed E-state index contributed by atoms with van der Waals surface area (Å²) in [6, 6.07) is 0.252. The number of rotatable bonds is 1. The Kier molecular flexibility index (Phi) is 3.20. The van der Waals surface area contributed by atoms with E-state index in [1.165, 1.54) is 0 Å². The maximum absolute atomic E-state index is 11.7. The largest absolute Gasteiger partial charge is 0.481 e. The Balaban J connectivity index is 1.66. The highest BCUT2D eigenvalue weighted by Gasteiger charge is 2.60. The van der Waals surface area contributed by atoms with Gasteiger partial charge in [0, 0.05) is 11.5 Å². The van der Waals surface area contributed by atoms with Crippen molar-refractivity contribution in [3.63, 3.8) is 0 Å². The first kappa shape index (κ1) is 15.2. The predicted molar refractivity (Wildman–Crippen MR) is 86.6 cm³/mol. The molecule has 4 unspecified atom stereocenters. The van der Waals surface area contributed by atoms with Crippen LogP contribution in [0.4, 0.5) is 0 Å². The van der Waals surface area contributed by atoms with Crippen molar-refractivity contribution in [2.45, 2.75) is 58.4 Å². The Labute approximate surface area is 137 Å². The number of aliphatic carboxylic acids is 1. The molecule has 0 saturated heterocycles. The Morgan fingerprint density at radius 2 is 1.96 bits per heavy atom. The fraction of sp³-hybridized carbons (Fsp3) is 0.789. The molecule has 1 aliphatic heterocycles. The zero-order chi connectivity index (χ0) is 16.4. The van der Waals surface area contributed by atoms with Gasteiger partial charge >= 0.3 is 5.97 Å². The van der Waals surface area contributed by atoms with Gasteiger partial charge in [0.2, 0.25) is 5.91 Å². The van der Waals surface area contributed by atoms with Crippen LogP contribution in [-0.4, -0.2) is 23.0 Å². The number of carboxylic acid groups (broad SMARTS) is 1. The Morgan fingerprint density at radius 3 is 2.70 bits per heavy atom. The summed E-state index contributed by atoms with van der Waals surface area (Å²) in [4.78, 5) is 23.4. The number of carbonyl (C=O) groups is 2. The average Bonchev–Trinajstić information content (AvgIpc) is 2.85. The van der Waals surface area contributed by atoms with Gasteiger partial charge in [-0.3, -0.25) is 9.59 Å². The molecular weight excluding hydrogens is 290 g/mol. The maximum atomic E-state index is 11.7. The number of carboxylic acids is 1. The molecule has 1 heterocycles. The van der Waals surface area contributed by atoms with Crippen LogP contribution < -0.4 is 5.32 Å². The number of nitrogens with one attached hydrogen (secondary N) is 1. The van der Waals surface area contributed by atoms with Crippen molar-refractivity contribution in [2.24, 2.45) is 34.5 Å². The van der Waals surface area contributed by atoms with Gasteiger partial charge in [0.05, 0.1) is 5.92 Å². The normalized spacial score (nSPS) is 51.4. The molecular formula is C19H27NO3. The van der Waals surface area contributed by atoms with E-state index >= 15 is 0 Å². The van der Waals surface area contributed by atoms with Crippen molar-refractivity contribution < 1.29 is 14.7 Å². The van der Waals surface area contributed by atoms with Crippen molar-refractivity contribution in [2.75, 3.05) is 0 Å². The Morgan fingerprint density at radius 1 is 1.17 bits per heavy atom. The quantitative estimate of drug-likeness (QED) is 0.781. The van der Waals surface area contributed by atoms with Crippen LogP contribution in [0.5, 0.6) is 0 Å². The van der Waals surface area contributed by atoms with Gasteiger partial charge in [0.25, 0.3) is 0 Å². The molecule has 0 bridgehead atoms. The summed E-state index contributed by atoms with van der Waals surface area (Å²) >= 11 is 0. The van der Waals surface area contributed by atoms with E-state index < -0.39 is 5.97 Å². The zero-order valence-corrected chi connectivity index (χ0v) is 14.0. The lowest BCUT2D eigenvalue weighted by molar-refractivity contribution is -0.150. The number of amides is 1. The highest BCUT2D eigenvalue weighted by atomic mass is 16.4. The van der Waals surface area contributed by atoms with E-state index in [9.17, 15) is 14.7 Å². The molecule has 0 radical (unpaired) electrons. The summed E-state index contributed by atoms with van der Waals surface area (Å²) in [5.74, 6) is 0.992. The second-order valence-electron chi connectivity index (χ2n) is 8.73. The molecule has 7 atom stereocenters. The first-order valence-electron chi connectivity index (χ1n) is 9.09. The third-order valence-electron chi connectivity index (χ3n) is 7.98. The molecule has 4 heteroatoms. The van der Waals surface area contributed by atoms with Crippen LogP contribution in [0.3, 0.4) is 0 Å². The zero-order valence-electron chi connectivity index (χ0n) is 14.0. The van der Waals surface area contributed by atoms with Gasteiger partial charge in [-0.2, -0.15) is 0 Å². The smallest absolute Gasteiger partial charge is 0.307 e. The summed E-state index contributed by atoms with van der Waals surface area (Å²) in [6.07, 6.45) is 10.0. The fourth-order valence-electron chi connectivity index (χ4n) is 6.74. The molecule has 4 aliphatic rings. The Hall–Kier alpha value is -1.32. The van der Waals surface area contributed by atoms with Crippen LogP contribution >= 0.6 is 0 Å². The molecule has 23 heavy (non-hydrogen) atoms. The highest BCUT2D eigenvalue weighted by molar-refractivity contribution is 5.89. The van der Waals surface area contributed by atoms with Crippen LogP contribution in [0, 0.1) is 34.5 Å². The van der Waals surface area contributed by atoms with E-state index in [1.54, 1.807) is 6.08 Å². The van der Waals surface area contributed by atoms with Gasteiger partial charge in [0.1, 0.15) is 0 Å². The first-order valence-corrected chi connectivity index (χ1v) is 9.09. The van der Waals surface area contributed by atoms with Gasteiger partial charge in [0.15, 0.2) is 0 Å². The molecule has 1 amide bonds. The minimum absolute atomic E-state index is 0.0299. The van der Waals surface area contributed by atoms with Crippen molar-refractivity contribution in [1.82, 2.24) is 5.32 Å². The van der Waals surface area contributed by atoms with E-state index in [0.29, 0.717) is 17.8 Å². The van der Waals surface area contributed by atoms with E-state index in [4.69, 9.17) is 0 Å². The minimum Gasteiger partial charge on any atom is -0.481 e. The third-order valence-corrected chi connectivity index (χ3v) is 7.98. The Bertz CT molecular complexity index is 585. The van der Waals surface area contributed by atoms with Gasteiger partial charge in [-0.05, 0) is 67.8 Å². The average molecular weight is 317 g/mol. The molecule has 3 aliphatic carbocycles. The molecule has 126 valence electrons. The number of carbonyl (C=O) groups excluding carboxylic acids is 1. The van der Waals surface area contributed by atoms with Crippen LogP contribution in [0.1, 0.15) is 52.4 Å². The molecule has 3 saturated carbocycles. The summed E-state index contributed by atoms with van der Waals surface area (Å²) in [7, 11) is 0. The maximum Gasteiger partial charge on any atom is 0.307 e. The highest BCUT2D eigenvalue weighted by Crippen LogP contribution is 2.64. The molecule has 0 aromatic heterocycles. The van der Waals surface area contributed by atoms with Crippen LogP contribution in [-0.2, 0) is 9.59 Å². The molecule has 0 aromatic carbocycles. The van der Waals surface area contributed by atoms with Gasteiger partial charge in [-0.1, -0.05) is 19.9 Å². The summed E-state index contributed by atoms with van der Waals surface area (Å²) in [5.41, 5.74) is 0.0112. The lowest BCUT2D eigenvalue weighted by Gasteiger charge is -2.58. The van der Waals surface area contributed by atoms with Gasteiger partial charge < -0.3 is 10.4 Å². The van der Waals surface area contributed by atoms with E-state index in [0.717, 1.165) is 38.5 Å². The van der Waals surface area contributed by atoms with Gasteiger partial charge in [-0.25, -0.2) is 0 Å². The van der Waals surface area contributed by atoms with E-state index in [1.807, 2.05) is 0 Å². The van der Waals surface area contributed by atoms with Crippen molar-refractivity contribution in [1.29, 1.82) is 0 Å². The third kappa shape index (κ3) is 1.96. The SMILES string of the molecule is C[C@]12C=CC(=O)NC1CCC1C2CC[C@@]2(C)C1CC[C@@H]2C(=O)O. The molecule has 3 fully saturated rings. The summed E-state index contributed by atoms with van der Waals surface area (Å²) < 4.78 is 0. The summed E-state index contributed by atoms with van der Waals surface area (Å²) in [5, 5.41) is 12.8. The lowest BCUT2D eigenvalue weighted by atomic mass is 9.48. The second-order valence-corrected chi connectivity index (χ2v) is 8.73. The van der Waals surface area contributed by atoms with Gasteiger partial charge in [-0.15, -0.1) is 0 Å². The molecule has 0 aromatic rings. The van der Waals surface area contributed by atoms with Crippen molar-refractivity contribution in [3.05, 3.63) is 12.2 Å². The first-order chi connectivity index (χ1) is 10.9. The second kappa shape index (κ2) is 4.84. The summed E-state index contributed by atoms with van der Waals surface area (Å²) in [6.45, 7) is 4.53. The van der Waals surface area contributed by atoms with E-state index in [-0.39, 0.29) is 28.7 Å². The molecule has 4 rings (SSSR count). The number of hydrogen-bond acceptors (Lipinski definition) is 2. The van der Waals surface area contributed by atoms with E-state index in [2.05, 4.69) is 25.2 Å². The molecule has 0 spiro atoms. The van der Waals surface area contributed by atoms with Crippen LogP contribution in [0.2, 0.25) is 0 Å². The standard InChI is InChI=1S/C19H27NO3/c1-18-9-7-13-11(12(18)4-5-14(18)17(22)23)3-6-15-19(13,2)10-8-16(21)20-15/h8,10-15H,3-7,9H2,1-2H3,(H,20,21)(H,22,23)/t11?,12?,13?,14-,15?,18+,19-/m1/s1. The number of hydrogen-bond donors (Lipinski definition) is 2. The topological polar surface area (TPSA) is 66.4 Å². The van der Waals surface area contributed by atoms with Crippen LogP contribution in [0.25, 0.3) is 0 Å². The lowest BCUT2D eigenvalue weighted by Crippen LogP contribution is -2.59. The van der Waals surface area contributed by atoms with Crippen molar-refractivity contribution >= 4 is 11.9 Å². The predicted octanol–water partition coefficient (Wildman–Crippen LogP) is 2.98. The number of fused-ring (bicyclic) bond motifs is 5.